The lowest BCUT2D eigenvalue weighted by Gasteiger charge is -2.10. The van der Waals surface area contributed by atoms with Crippen molar-refractivity contribution in [2.45, 2.75) is 6.42 Å². The number of hydrogen-bond donors (Lipinski definition) is 1. The zero-order chi connectivity index (χ0) is 11.7. The molecule has 2 heteroatoms. The molecule has 1 N–H and O–H groups in total. The van der Waals surface area contributed by atoms with E-state index in [2.05, 4.69) is 47.8 Å². The van der Waals surface area contributed by atoms with Crippen LogP contribution < -0.4 is 5.32 Å². The summed E-state index contributed by atoms with van der Waals surface area (Å²) in [6.07, 6.45) is 0.967. The molecule has 0 fully saturated rings. The SMILES string of the molecule is COC1=C(c2cccc3ccccc23)NCC1. The Hall–Kier alpha value is -1.96. The van der Waals surface area contributed by atoms with Crippen LogP contribution in [-0.4, -0.2) is 13.7 Å². The Kier molecular flexibility index (Phi) is 2.48. The van der Waals surface area contributed by atoms with Gasteiger partial charge in [-0.3, -0.25) is 0 Å². The summed E-state index contributed by atoms with van der Waals surface area (Å²) >= 11 is 0. The van der Waals surface area contributed by atoms with Gasteiger partial charge in [0.15, 0.2) is 0 Å². The largest absolute Gasteiger partial charge is 0.499 e. The van der Waals surface area contributed by atoms with Crippen molar-refractivity contribution >= 4 is 16.5 Å². The van der Waals surface area contributed by atoms with Crippen LogP contribution in [0.2, 0.25) is 0 Å². The first-order valence-corrected chi connectivity index (χ1v) is 5.89. The normalized spacial score (nSPS) is 15.1. The summed E-state index contributed by atoms with van der Waals surface area (Å²) in [5.41, 5.74) is 2.38. The summed E-state index contributed by atoms with van der Waals surface area (Å²) in [4.78, 5) is 0. The van der Waals surface area contributed by atoms with E-state index in [1.54, 1.807) is 7.11 Å². The number of benzene rings is 2. The molecule has 2 aromatic carbocycles. The second-order valence-corrected chi connectivity index (χ2v) is 4.21. The Bertz CT molecular complexity index is 581. The molecule has 1 heterocycles. The average Bonchev–Trinajstić information content (AvgIpc) is 2.86. The molecule has 1 aliphatic heterocycles. The van der Waals surface area contributed by atoms with Gasteiger partial charge in [0.1, 0.15) is 5.76 Å². The highest BCUT2D eigenvalue weighted by atomic mass is 16.5. The van der Waals surface area contributed by atoms with Gasteiger partial charge in [0.25, 0.3) is 0 Å². The highest BCUT2D eigenvalue weighted by Gasteiger charge is 2.17. The maximum Gasteiger partial charge on any atom is 0.121 e. The van der Waals surface area contributed by atoms with Gasteiger partial charge in [-0.05, 0) is 10.8 Å². The Balaban J connectivity index is 2.24. The first-order chi connectivity index (χ1) is 8.40. The molecule has 0 aliphatic carbocycles. The molecule has 2 nitrogen and oxygen atoms in total. The fraction of sp³-hybridized carbons (Fsp3) is 0.200. The molecule has 0 saturated heterocycles. The van der Waals surface area contributed by atoms with Crippen LogP contribution in [0, 0.1) is 0 Å². The summed E-state index contributed by atoms with van der Waals surface area (Å²) in [5, 5.41) is 5.96. The van der Waals surface area contributed by atoms with Crippen LogP contribution in [0.25, 0.3) is 16.5 Å². The topological polar surface area (TPSA) is 21.3 Å². The summed E-state index contributed by atoms with van der Waals surface area (Å²) in [6.45, 7) is 0.960. The fourth-order valence-electron chi connectivity index (χ4n) is 2.42. The Labute approximate surface area is 101 Å². The second kappa shape index (κ2) is 4.13. The number of fused-ring (bicyclic) bond motifs is 1. The van der Waals surface area contributed by atoms with Gasteiger partial charge in [0.2, 0.25) is 0 Å². The first kappa shape index (κ1) is 10.2. The lowest BCUT2D eigenvalue weighted by Crippen LogP contribution is -2.06. The molecule has 0 unspecified atom stereocenters. The average molecular weight is 225 g/mol. The van der Waals surface area contributed by atoms with Crippen LogP contribution in [0.15, 0.2) is 48.2 Å². The van der Waals surface area contributed by atoms with E-state index in [1.807, 2.05) is 0 Å². The first-order valence-electron chi connectivity index (χ1n) is 5.89. The third kappa shape index (κ3) is 1.66. The lowest BCUT2D eigenvalue weighted by atomic mass is 10.0. The van der Waals surface area contributed by atoms with Crippen LogP contribution in [0.3, 0.4) is 0 Å². The summed E-state index contributed by atoms with van der Waals surface area (Å²) in [5.74, 6) is 1.06. The third-order valence-corrected chi connectivity index (χ3v) is 3.24. The Morgan fingerprint density at radius 3 is 2.76 bits per heavy atom. The van der Waals surface area contributed by atoms with E-state index in [-0.39, 0.29) is 0 Å². The van der Waals surface area contributed by atoms with Crippen molar-refractivity contribution in [3.05, 3.63) is 53.8 Å². The summed E-state index contributed by atoms with van der Waals surface area (Å²) < 4.78 is 5.44. The monoisotopic (exact) mass is 225 g/mol. The summed E-state index contributed by atoms with van der Waals surface area (Å²) in [6, 6.07) is 14.8. The quantitative estimate of drug-likeness (QED) is 0.847. The van der Waals surface area contributed by atoms with Gasteiger partial charge in [-0.15, -0.1) is 0 Å². The standard InChI is InChI=1S/C15H15NO/c1-17-14-9-10-16-15(14)13-8-4-6-11-5-2-3-7-12(11)13/h2-8,16H,9-10H2,1H3. The van der Waals surface area contributed by atoms with Crippen LogP contribution in [0.1, 0.15) is 12.0 Å². The molecule has 86 valence electrons. The molecule has 0 saturated carbocycles. The molecule has 0 atom stereocenters. The molecule has 3 rings (SSSR count). The van der Waals surface area contributed by atoms with E-state index in [9.17, 15) is 0 Å². The van der Waals surface area contributed by atoms with E-state index >= 15 is 0 Å². The van der Waals surface area contributed by atoms with Crippen molar-refractivity contribution in [2.75, 3.05) is 13.7 Å². The molecule has 1 aliphatic rings. The number of ether oxygens (including phenoxy) is 1. The fourth-order valence-corrected chi connectivity index (χ4v) is 2.42. The van der Waals surface area contributed by atoms with Crippen LogP contribution in [0.5, 0.6) is 0 Å². The van der Waals surface area contributed by atoms with Gasteiger partial charge in [-0.2, -0.15) is 0 Å². The van der Waals surface area contributed by atoms with Crippen molar-refractivity contribution in [3.8, 4) is 0 Å². The second-order valence-electron chi connectivity index (χ2n) is 4.21. The Morgan fingerprint density at radius 2 is 1.88 bits per heavy atom. The van der Waals surface area contributed by atoms with Gasteiger partial charge in [-0.25, -0.2) is 0 Å². The third-order valence-electron chi connectivity index (χ3n) is 3.24. The van der Waals surface area contributed by atoms with Crippen molar-refractivity contribution in [1.82, 2.24) is 5.32 Å². The molecule has 17 heavy (non-hydrogen) atoms. The maximum absolute atomic E-state index is 5.44. The highest BCUT2D eigenvalue weighted by Crippen LogP contribution is 2.29. The molecule has 0 aromatic heterocycles. The maximum atomic E-state index is 5.44. The van der Waals surface area contributed by atoms with Crippen LogP contribution in [-0.2, 0) is 4.74 Å². The van der Waals surface area contributed by atoms with Crippen LogP contribution >= 0.6 is 0 Å². The molecule has 2 aromatic rings. The number of rotatable bonds is 2. The molecular formula is C15H15NO. The van der Waals surface area contributed by atoms with E-state index in [1.165, 1.54) is 16.3 Å². The predicted octanol–water partition coefficient (Wildman–Crippen LogP) is 3.15. The van der Waals surface area contributed by atoms with E-state index in [0.717, 1.165) is 24.4 Å². The van der Waals surface area contributed by atoms with Crippen molar-refractivity contribution in [1.29, 1.82) is 0 Å². The van der Waals surface area contributed by atoms with E-state index in [4.69, 9.17) is 4.74 Å². The van der Waals surface area contributed by atoms with Crippen molar-refractivity contribution in [3.63, 3.8) is 0 Å². The zero-order valence-corrected chi connectivity index (χ0v) is 9.86. The van der Waals surface area contributed by atoms with Gasteiger partial charge in [0, 0.05) is 18.5 Å². The van der Waals surface area contributed by atoms with Gasteiger partial charge >= 0.3 is 0 Å². The van der Waals surface area contributed by atoms with E-state index in [0.29, 0.717) is 0 Å². The lowest BCUT2D eigenvalue weighted by molar-refractivity contribution is 0.286. The molecular weight excluding hydrogens is 210 g/mol. The number of methoxy groups -OCH3 is 1. The number of nitrogens with one attached hydrogen (secondary N) is 1. The minimum Gasteiger partial charge on any atom is -0.499 e. The minimum atomic E-state index is 0.960. The van der Waals surface area contributed by atoms with Gasteiger partial charge < -0.3 is 10.1 Å². The molecule has 0 bridgehead atoms. The van der Waals surface area contributed by atoms with Gasteiger partial charge in [-0.1, -0.05) is 42.5 Å². The Morgan fingerprint density at radius 1 is 1.06 bits per heavy atom. The number of hydrogen-bond acceptors (Lipinski definition) is 2. The van der Waals surface area contributed by atoms with Crippen molar-refractivity contribution < 1.29 is 4.74 Å². The van der Waals surface area contributed by atoms with Gasteiger partial charge in [0.05, 0.1) is 12.8 Å². The zero-order valence-electron chi connectivity index (χ0n) is 9.86. The van der Waals surface area contributed by atoms with E-state index < -0.39 is 0 Å². The predicted molar refractivity (Wildman–Crippen MR) is 70.5 cm³/mol. The summed E-state index contributed by atoms with van der Waals surface area (Å²) in [7, 11) is 1.74. The molecule has 0 radical (unpaired) electrons. The van der Waals surface area contributed by atoms with Crippen LogP contribution in [0.4, 0.5) is 0 Å². The smallest absolute Gasteiger partial charge is 0.121 e. The molecule has 0 amide bonds. The highest BCUT2D eigenvalue weighted by molar-refractivity contribution is 5.94. The molecule has 0 spiro atoms. The minimum absolute atomic E-state index is 0.960. The van der Waals surface area contributed by atoms with Crippen molar-refractivity contribution in [2.24, 2.45) is 0 Å².